The third kappa shape index (κ3) is 2.63. The van der Waals surface area contributed by atoms with E-state index in [2.05, 4.69) is 24.4 Å². The average molecular weight is 261 g/mol. The monoisotopic (exact) mass is 261 g/mol. The number of aliphatic hydroxyl groups excluding tert-OH is 1. The van der Waals surface area contributed by atoms with Gasteiger partial charge in [-0.15, -0.1) is 0 Å². The predicted octanol–water partition coefficient (Wildman–Crippen LogP) is 2.51. The Labute approximate surface area is 115 Å². The quantitative estimate of drug-likeness (QED) is 0.878. The Bertz CT molecular complexity index is 435. The topological polar surface area (TPSA) is 41.5 Å². The van der Waals surface area contributed by atoms with Gasteiger partial charge in [-0.3, -0.25) is 0 Å². The van der Waals surface area contributed by atoms with Crippen LogP contribution in [0.5, 0.6) is 5.75 Å². The van der Waals surface area contributed by atoms with Crippen LogP contribution < -0.4 is 10.1 Å². The molecule has 19 heavy (non-hydrogen) atoms. The molecule has 1 aliphatic heterocycles. The maximum Gasteiger partial charge on any atom is 0.124 e. The Morgan fingerprint density at radius 2 is 2.16 bits per heavy atom. The van der Waals surface area contributed by atoms with Crippen molar-refractivity contribution < 1.29 is 9.84 Å². The second-order valence-corrected chi connectivity index (χ2v) is 5.97. The number of rotatable bonds is 3. The lowest BCUT2D eigenvalue weighted by molar-refractivity contribution is 0.122. The molecule has 4 atom stereocenters. The molecule has 0 radical (unpaired) electrons. The van der Waals surface area contributed by atoms with Gasteiger partial charge >= 0.3 is 0 Å². The lowest BCUT2D eigenvalue weighted by atomic mass is 9.91. The van der Waals surface area contributed by atoms with Crippen LogP contribution in [0.4, 0.5) is 0 Å². The molecule has 0 aromatic heterocycles. The highest BCUT2D eigenvalue weighted by Gasteiger charge is 2.30. The lowest BCUT2D eigenvalue weighted by Gasteiger charge is -2.33. The van der Waals surface area contributed by atoms with Gasteiger partial charge in [0.05, 0.1) is 12.7 Å². The van der Waals surface area contributed by atoms with Crippen molar-refractivity contribution in [2.45, 2.75) is 38.3 Å². The molecule has 1 aromatic rings. The molecule has 2 N–H and O–H groups in total. The van der Waals surface area contributed by atoms with Gasteiger partial charge in [0, 0.05) is 24.1 Å². The molecular formula is C16H23NO2. The summed E-state index contributed by atoms with van der Waals surface area (Å²) in [5.74, 6) is 1.89. The molecule has 3 nitrogen and oxygen atoms in total. The van der Waals surface area contributed by atoms with E-state index in [1.54, 1.807) is 0 Å². The molecule has 0 spiro atoms. The molecule has 1 aromatic carbocycles. The molecule has 1 aliphatic carbocycles. The molecule has 4 unspecified atom stereocenters. The van der Waals surface area contributed by atoms with Crippen LogP contribution in [0.15, 0.2) is 24.3 Å². The zero-order chi connectivity index (χ0) is 13.2. The molecule has 3 rings (SSSR count). The van der Waals surface area contributed by atoms with Crippen molar-refractivity contribution in [1.82, 2.24) is 5.32 Å². The van der Waals surface area contributed by atoms with Crippen molar-refractivity contribution >= 4 is 0 Å². The second kappa shape index (κ2) is 5.51. The molecular weight excluding hydrogens is 238 g/mol. The first-order valence-corrected chi connectivity index (χ1v) is 7.39. The maximum absolute atomic E-state index is 9.91. The predicted molar refractivity (Wildman–Crippen MR) is 75.2 cm³/mol. The molecule has 0 bridgehead atoms. The minimum atomic E-state index is -0.113. The zero-order valence-electron chi connectivity index (χ0n) is 11.5. The first-order valence-electron chi connectivity index (χ1n) is 7.39. The van der Waals surface area contributed by atoms with Crippen molar-refractivity contribution in [3.63, 3.8) is 0 Å². The van der Waals surface area contributed by atoms with Crippen LogP contribution in [0.2, 0.25) is 0 Å². The molecule has 1 fully saturated rings. The van der Waals surface area contributed by atoms with Crippen LogP contribution in [0.25, 0.3) is 0 Å². The van der Waals surface area contributed by atoms with E-state index in [1.807, 2.05) is 12.1 Å². The summed E-state index contributed by atoms with van der Waals surface area (Å²) < 4.78 is 5.77. The van der Waals surface area contributed by atoms with Crippen LogP contribution in [-0.4, -0.2) is 24.4 Å². The summed E-state index contributed by atoms with van der Waals surface area (Å²) in [6.45, 7) is 3.89. The number of fused-ring (bicyclic) bond motifs is 1. The van der Waals surface area contributed by atoms with E-state index in [-0.39, 0.29) is 6.10 Å². The van der Waals surface area contributed by atoms with Crippen LogP contribution >= 0.6 is 0 Å². The summed E-state index contributed by atoms with van der Waals surface area (Å²) in [5, 5.41) is 13.6. The van der Waals surface area contributed by atoms with E-state index in [0.717, 1.165) is 38.2 Å². The normalized spacial score (nSPS) is 33.8. The molecule has 0 amide bonds. The SMILES string of the molecule is CC1COc2ccccc2C1NCC1CCCC1O. The Morgan fingerprint density at radius 3 is 2.95 bits per heavy atom. The number of hydrogen-bond acceptors (Lipinski definition) is 3. The highest BCUT2D eigenvalue weighted by Crippen LogP contribution is 2.35. The third-order valence-corrected chi connectivity index (χ3v) is 4.54. The standard InChI is InChI=1S/C16H23NO2/c1-11-10-19-15-8-3-2-6-13(15)16(11)17-9-12-5-4-7-14(12)18/h2-3,6,8,11-12,14,16-18H,4-5,7,9-10H2,1H3. The number of para-hydroxylation sites is 1. The second-order valence-electron chi connectivity index (χ2n) is 5.97. The van der Waals surface area contributed by atoms with Gasteiger partial charge in [0.2, 0.25) is 0 Å². The largest absolute Gasteiger partial charge is 0.493 e. The number of ether oxygens (including phenoxy) is 1. The van der Waals surface area contributed by atoms with Crippen LogP contribution in [-0.2, 0) is 0 Å². The van der Waals surface area contributed by atoms with Gasteiger partial charge in [-0.25, -0.2) is 0 Å². The smallest absolute Gasteiger partial charge is 0.124 e. The molecule has 0 saturated heterocycles. The molecule has 3 heteroatoms. The summed E-state index contributed by atoms with van der Waals surface area (Å²) in [6, 6.07) is 8.62. The Kier molecular flexibility index (Phi) is 3.76. The summed E-state index contributed by atoms with van der Waals surface area (Å²) >= 11 is 0. The van der Waals surface area contributed by atoms with E-state index in [4.69, 9.17) is 4.74 Å². The lowest BCUT2D eigenvalue weighted by Crippen LogP contribution is -2.37. The summed E-state index contributed by atoms with van der Waals surface area (Å²) in [5.41, 5.74) is 1.26. The van der Waals surface area contributed by atoms with E-state index >= 15 is 0 Å². The number of hydrogen-bond donors (Lipinski definition) is 2. The summed E-state index contributed by atoms with van der Waals surface area (Å²) in [7, 11) is 0. The van der Waals surface area contributed by atoms with E-state index in [1.165, 1.54) is 5.56 Å². The molecule has 1 saturated carbocycles. The average Bonchev–Trinajstić information content (AvgIpc) is 2.83. The summed E-state index contributed by atoms with van der Waals surface area (Å²) in [4.78, 5) is 0. The molecule has 2 aliphatic rings. The van der Waals surface area contributed by atoms with Crippen molar-refractivity contribution in [2.24, 2.45) is 11.8 Å². The van der Waals surface area contributed by atoms with E-state index in [0.29, 0.717) is 17.9 Å². The van der Waals surface area contributed by atoms with Gasteiger partial charge in [-0.2, -0.15) is 0 Å². The van der Waals surface area contributed by atoms with Gasteiger partial charge in [0.1, 0.15) is 5.75 Å². The van der Waals surface area contributed by atoms with E-state index in [9.17, 15) is 5.11 Å². The van der Waals surface area contributed by atoms with Crippen molar-refractivity contribution in [2.75, 3.05) is 13.2 Å². The van der Waals surface area contributed by atoms with Gasteiger partial charge in [-0.05, 0) is 24.8 Å². The van der Waals surface area contributed by atoms with Gasteiger partial charge in [0.25, 0.3) is 0 Å². The maximum atomic E-state index is 9.91. The van der Waals surface area contributed by atoms with Gasteiger partial charge < -0.3 is 15.2 Å². The number of benzene rings is 1. The fourth-order valence-electron chi connectivity index (χ4n) is 3.34. The third-order valence-electron chi connectivity index (χ3n) is 4.54. The Morgan fingerprint density at radius 1 is 1.32 bits per heavy atom. The van der Waals surface area contributed by atoms with Crippen LogP contribution in [0, 0.1) is 11.8 Å². The Balaban J connectivity index is 1.69. The van der Waals surface area contributed by atoms with Crippen LogP contribution in [0.3, 0.4) is 0 Å². The minimum absolute atomic E-state index is 0.113. The highest BCUT2D eigenvalue weighted by molar-refractivity contribution is 5.37. The molecule has 1 heterocycles. The van der Waals surface area contributed by atoms with Gasteiger partial charge in [0.15, 0.2) is 0 Å². The van der Waals surface area contributed by atoms with Crippen molar-refractivity contribution in [3.05, 3.63) is 29.8 Å². The number of nitrogens with one attached hydrogen (secondary N) is 1. The van der Waals surface area contributed by atoms with Crippen molar-refractivity contribution in [3.8, 4) is 5.75 Å². The summed E-state index contributed by atoms with van der Waals surface area (Å²) in [6.07, 6.45) is 3.16. The van der Waals surface area contributed by atoms with Crippen molar-refractivity contribution in [1.29, 1.82) is 0 Å². The minimum Gasteiger partial charge on any atom is -0.493 e. The first-order chi connectivity index (χ1) is 9.25. The fourth-order valence-corrected chi connectivity index (χ4v) is 3.34. The fraction of sp³-hybridized carbons (Fsp3) is 0.625. The van der Waals surface area contributed by atoms with E-state index < -0.39 is 0 Å². The Hall–Kier alpha value is -1.06. The zero-order valence-corrected chi connectivity index (χ0v) is 11.5. The van der Waals surface area contributed by atoms with Gasteiger partial charge in [-0.1, -0.05) is 31.5 Å². The number of aliphatic hydroxyl groups is 1. The highest BCUT2D eigenvalue weighted by atomic mass is 16.5. The first kappa shape index (κ1) is 12.9. The van der Waals surface area contributed by atoms with Crippen LogP contribution in [0.1, 0.15) is 37.8 Å². The molecule has 104 valence electrons.